The van der Waals surface area contributed by atoms with E-state index in [2.05, 4.69) is 0 Å². The zero-order valence-electron chi connectivity index (χ0n) is 15.7. The van der Waals surface area contributed by atoms with Crippen LogP contribution in [-0.2, 0) is 16.1 Å². The van der Waals surface area contributed by atoms with Gasteiger partial charge in [0.2, 0.25) is 5.91 Å². The number of amides is 1. The molecule has 1 aliphatic rings. The van der Waals surface area contributed by atoms with Crippen molar-refractivity contribution in [2.75, 3.05) is 27.2 Å². The highest BCUT2D eigenvalue weighted by Crippen LogP contribution is 2.24. The zero-order chi connectivity index (χ0) is 19.4. The Kier molecular flexibility index (Phi) is 6.58. The summed E-state index contributed by atoms with van der Waals surface area (Å²) in [5.74, 6) is -1.45. The Labute approximate surface area is 153 Å². The molecule has 6 nitrogen and oxygen atoms in total. The third kappa shape index (κ3) is 4.72. The lowest BCUT2D eigenvalue weighted by molar-refractivity contribution is -0.147. The number of hydrogen-bond donors (Lipinski definition) is 1. The first-order valence-electron chi connectivity index (χ1n) is 8.77. The molecule has 1 aliphatic heterocycles. The predicted octanol–water partition coefficient (Wildman–Crippen LogP) is 2.22. The molecule has 26 heavy (non-hydrogen) atoms. The molecule has 0 spiro atoms. The summed E-state index contributed by atoms with van der Waals surface area (Å²) in [6.07, 6.45) is 0.633. The second-order valence-electron chi connectivity index (χ2n) is 7.17. The molecule has 1 aromatic carbocycles. The van der Waals surface area contributed by atoms with Crippen LogP contribution in [0.15, 0.2) is 18.2 Å². The molecular formula is C19H27FN2O4. The molecule has 1 N–H and O–H groups in total. The van der Waals surface area contributed by atoms with Crippen molar-refractivity contribution in [1.82, 2.24) is 9.80 Å². The fourth-order valence-electron chi connectivity index (χ4n) is 3.52. The molecule has 1 saturated heterocycles. The maximum absolute atomic E-state index is 13.8. The number of carboxylic acids is 1. The summed E-state index contributed by atoms with van der Waals surface area (Å²) in [7, 11) is 3.07. The topological polar surface area (TPSA) is 70.1 Å². The Balaban J connectivity index is 2.02. The van der Waals surface area contributed by atoms with Gasteiger partial charge in [-0.25, -0.2) is 4.39 Å². The van der Waals surface area contributed by atoms with E-state index >= 15 is 0 Å². The monoisotopic (exact) mass is 366 g/mol. The molecule has 1 aromatic rings. The SMILES string of the molecule is COc1ccc(CN(C)C(=O)C(C)N2CC(C)CC(C(=O)O)C2)cc1F. The van der Waals surface area contributed by atoms with Gasteiger partial charge >= 0.3 is 5.97 Å². The maximum atomic E-state index is 13.8. The normalized spacial score (nSPS) is 21.9. The number of rotatable bonds is 6. The van der Waals surface area contributed by atoms with Crippen molar-refractivity contribution in [2.45, 2.75) is 32.9 Å². The van der Waals surface area contributed by atoms with Crippen LogP contribution in [0.25, 0.3) is 0 Å². The molecule has 0 aliphatic carbocycles. The van der Waals surface area contributed by atoms with Crippen LogP contribution in [0.5, 0.6) is 5.75 Å². The fourth-order valence-corrected chi connectivity index (χ4v) is 3.52. The van der Waals surface area contributed by atoms with E-state index < -0.39 is 23.7 Å². The van der Waals surface area contributed by atoms with Crippen LogP contribution in [0.2, 0.25) is 0 Å². The van der Waals surface area contributed by atoms with Crippen molar-refractivity contribution in [3.63, 3.8) is 0 Å². The van der Waals surface area contributed by atoms with Gasteiger partial charge in [0.1, 0.15) is 0 Å². The van der Waals surface area contributed by atoms with Crippen molar-refractivity contribution < 1.29 is 23.8 Å². The largest absolute Gasteiger partial charge is 0.494 e. The van der Waals surface area contributed by atoms with E-state index in [1.54, 1.807) is 24.9 Å². The Bertz CT molecular complexity index is 667. The number of methoxy groups -OCH3 is 1. The van der Waals surface area contributed by atoms with Gasteiger partial charge in [0, 0.05) is 26.7 Å². The molecule has 3 unspecified atom stereocenters. The first-order valence-corrected chi connectivity index (χ1v) is 8.77. The van der Waals surface area contributed by atoms with Crippen LogP contribution in [0.1, 0.15) is 25.8 Å². The highest BCUT2D eigenvalue weighted by molar-refractivity contribution is 5.81. The number of nitrogens with zero attached hydrogens (tertiary/aromatic N) is 2. The number of benzene rings is 1. The van der Waals surface area contributed by atoms with E-state index in [9.17, 15) is 19.1 Å². The summed E-state index contributed by atoms with van der Waals surface area (Å²) in [5, 5.41) is 9.30. The van der Waals surface area contributed by atoms with E-state index in [4.69, 9.17) is 4.74 Å². The van der Waals surface area contributed by atoms with Crippen LogP contribution in [0.4, 0.5) is 4.39 Å². The van der Waals surface area contributed by atoms with E-state index in [-0.39, 0.29) is 24.1 Å². The first-order chi connectivity index (χ1) is 12.2. The van der Waals surface area contributed by atoms with Crippen LogP contribution in [0.3, 0.4) is 0 Å². The number of carbonyl (C=O) groups excluding carboxylic acids is 1. The molecule has 1 heterocycles. The van der Waals surface area contributed by atoms with Crippen LogP contribution in [0, 0.1) is 17.7 Å². The molecule has 144 valence electrons. The third-order valence-corrected chi connectivity index (χ3v) is 4.95. The minimum Gasteiger partial charge on any atom is -0.494 e. The number of carbonyl (C=O) groups is 2. The van der Waals surface area contributed by atoms with Gasteiger partial charge in [-0.1, -0.05) is 13.0 Å². The summed E-state index contributed by atoms with van der Waals surface area (Å²) in [4.78, 5) is 27.6. The Morgan fingerprint density at radius 1 is 1.42 bits per heavy atom. The number of ether oxygens (including phenoxy) is 1. The van der Waals surface area contributed by atoms with Gasteiger partial charge in [-0.15, -0.1) is 0 Å². The van der Waals surface area contributed by atoms with Crippen molar-refractivity contribution >= 4 is 11.9 Å². The average molecular weight is 366 g/mol. The van der Waals surface area contributed by atoms with Crippen LogP contribution < -0.4 is 4.74 Å². The summed E-state index contributed by atoms with van der Waals surface area (Å²) in [6, 6.07) is 4.19. The van der Waals surface area contributed by atoms with Crippen molar-refractivity contribution in [2.24, 2.45) is 11.8 Å². The van der Waals surface area contributed by atoms with Gasteiger partial charge in [-0.2, -0.15) is 0 Å². The van der Waals surface area contributed by atoms with Gasteiger partial charge in [0.05, 0.1) is 19.1 Å². The van der Waals surface area contributed by atoms with Crippen LogP contribution >= 0.6 is 0 Å². The van der Waals surface area contributed by atoms with Crippen molar-refractivity contribution in [3.8, 4) is 5.75 Å². The number of likely N-dealkylation sites (N-methyl/N-ethyl adjacent to an activating group) is 1. The molecule has 1 amide bonds. The summed E-state index contributed by atoms with van der Waals surface area (Å²) < 4.78 is 18.7. The molecular weight excluding hydrogens is 339 g/mol. The average Bonchev–Trinajstić information content (AvgIpc) is 2.60. The van der Waals surface area contributed by atoms with Gasteiger partial charge in [0.25, 0.3) is 0 Å². The zero-order valence-corrected chi connectivity index (χ0v) is 15.7. The van der Waals surface area contributed by atoms with Crippen LogP contribution in [-0.4, -0.2) is 60.1 Å². The molecule has 7 heteroatoms. The molecule has 1 fully saturated rings. The van der Waals surface area contributed by atoms with Gasteiger partial charge in [0.15, 0.2) is 11.6 Å². The molecule has 0 radical (unpaired) electrons. The Morgan fingerprint density at radius 3 is 2.69 bits per heavy atom. The highest BCUT2D eigenvalue weighted by atomic mass is 19.1. The number of piperidine rings is 1. The van der Waals surface area contributed by atoms with E-state index in [0.29, 0.717) is 25.1 Å². The van der Waals surface area contributed by atoms with Crippen molar-refractivity contribution in [3.05, 3.63) is 29.6 Å². The molecule has 0 aromatic heterocycles. The summed E-state index contributed by atoms with van der Waals surface area (Å²) in [6.45, 7) is 5.14. The quantitative estimate of drug-likeness (QED) is 0.836. The summed E-state index contributed by atoms with van der Waals surface area (Å²) in [5.41, 5.74) is 0.668. The minimum absolute atomic E-state index is 0.112. The number of aliphatic carboxylic acids is 1. The minimum atomic E-state index is -0.816. The number of carboxylic acid groups (broad SMARTS) is 1. The van der Waals surface area contributed by atoms with Crippen molar-refractivity contribution in [1.29, 1.82) is 0 Å². The standard InChI is InChI=1S/C19H27FN2O4/c1-12-7-15(19(24)25)11-22(9-12)13(2)18(23)21(3)10-14-5-6-17(26-4)16(20)8-14/h5-6,8,12-13,15H,7,9-11H2,1-4H3,(H,24,25). The Hall–Kier alpha value is -2.15. The lowest BCUT2D eigenvalue weighted by atomic mass is 9.89. The van der Waals surface area contributed by atoms with E-state index in [0.717, 1.165) is 0 Å². The molecule has 3 atom stereocenters. The van der Waals surface area contributed by atoms with E-state index in [1.165, 1.54) is 19.2 Å². The Morgan fingerprint density at radius 2 is 2.12 bits per heavy atom. The number of likely N-dealkylation sites (tertiary alicyclic amines) is 1. The molecule has 0 saturated carbocycles. The van der Waals surface area contributed by atoms with Gasteiger partial charge in [-0.3, -0.25) is 14.5 Å². The van der Waals surface area contributed by atoms with Gasteiger partial charge in [-0.05, 0) is 37.0 Å². The lowest BCUT2D eigenvalue weighted by Gasteiger charge is -2.38. The summed E-state index contributed by atoms with van der Waals surface area (Å²) >= 11 is 0. The number of hydrogen-bond acceptors (Lipinski definition) is 4. The predicted molar refractivity (Wildman–Crippen MR) is 95.4 cm³/mol. The maximum Gasteiger partial charge on any atom is 0.307 e. The fraction of sp³-hybridized carbons (Fsp3) is 0.579. The second kappa shape index (κ2) is 8.49. The number of halogens is 1. The smallest absolute Gasteiger partial charge is 0.307 e. The highest BCUT2D eigenvalue weighted by Gasteiger charge is 2.34. The van der Waals surface area contributed by atoms with Gasteiger partial charge < -0.3 is 14.7 Å². The second-order valence-corrected chi connectivity index (χ2v) is 7.17. The lowest BCUT2D eigenvalue weighted by Crippen LogP contribution is -2.52. The third-order valence-electron chi connectivity index (χ3n) is 4.95. The van der Waals surface area contributed by atoms with E-state index in [1.807, 2.05) is 11.8 Å². The molecule has 0 bridgehead atoms. The first kappa shape index (κ1) is 20.2. The molecule has 2 rings (SSSR count).